The highest BCUT2D eigenvalue weighted by Gasteiger charge is 2.14. The number of imidazole rings is 1. The van der Waals surface area contributed by atoms with Crippen LogP contribution in [0.15, 0.2) is 34.1 Å². The van der Waals surface area contributed by atoms with Gasteiger partial charge in [0.2, 0.25) is 0 Å². The Kier molecular flexibility index (Phi) is 5.64. The summed E-state index contributed by atoms with van der Waals surface area (Å²) >= 11 is 20.6. The fourth-order valence-electron chi connectivity index (χ4n) is 1.42. The molecule has 1 aromatic heterocycles. The second-order valence-corrected chi connectivity index (χ2v) is 5.76. The second kappa shape index (κ2) is 7.26. The molecule has 1 N–H and O–H groups in total. The van der Waals surface area contributed by atoms with E-state index in [1.165, 1.54) is 10.8 Å². The molecule has 0 aliphatic heterocycles. The summed E-state index contributed by atoms with van der Waals surface area (Å²) in [5.41, 5.74) is 3.19. The van der Waals surface area contributed by atoms with Gasteiger partial charge in [-0.3, -0.25) is 9.36 Å². The molecule has 0 saturated carbocycles. The monoisotopic (exact) mass is 408 g/mol. The summed E-state index contributed by atoms with van der Waals surface area (Å²) in [6.07, 6.45) is 1.51. The quantitative estimate of drug-likeness (QED) is 0.616. The van der Waals surface area contributed by atoms with Crippen LogP contribution in [0.25, 0.3) is 0 Å². The van der Waals surface area contributed by atoms with Crippen LogP contribution in [0.2, 0.25) is 15.3 Å². The largest absolute Gasteiger partial charge is 0.299 e. The van der Waals surface area contributed by atoms with Crippen molar-refractivity contribution in [3.63, 3.8) is 0 Å². The van der Waals surface area contributed by atoms with Crippen molar-refractivity contribution in [1.82, 2.24) is 15.0 Å². The Morgan fingerprint density at radius 1 is 1.33 bits per heavy atom. The summed E-state index contributed by atoms with van der Waals surface area (Å²) < 4.78 is 1.78. The molecule has 110 valence electrons. The van der Waals surface area contributed by atoms with E-state index >= 15 is 0 Å². The summed E-state index contributed by atoms with van der Waals surface area (Å²) in [6, 6.07) is 7.02. The number of hydrazone groups is 1. The molecule has 0 saturated heterocycles. The molecule has 0 bridgehead atoms. The normalized spacial score (nSPS) is 11.0. The summed E-state index contributed by atoms with van der Waals surface area (Å²) in [7, 11) is 0. The van der Waals surface area contributed by atoms with E-state index in [1.54, 1.807) is 24.3 Å². The lowest BCUT2D eigenvalue weighted by molar-refractivity contribution is -0.121. The lowest BCUT2D eigenvalue weighted by Crippen LogP contribution is -2.23. The molecule has 0 unspecified atom stereocenters. The molecule has 0 radical (unpaired) electrons. The van der Waals surface area contributed by atoms with E-state index in [-0.39, 0.29) is 22.8 Å². The number of aromatic nitrogens is 2. The van der Waals surface area contributed by atoms with Gasteiger partial charge in [-0.25, -0.2) is 10.4 Å². The molecule has 0 aliphatic rings. The number of nitrogens with one attached hydrogen (secondary N) is 1. The molecule has 2 rings (SSSR count). The maximum absolute atomic E-state index is 11.8. The SMILES string of the molecule is O=C(Cn1c(Br)nc(Cl)c1Cl)NN=Cc1ccc(Cl)cc1. The summed E-state index contributed by atoms with van der Waals surface area (Å²) in [4.78, 5) is 15.6. The first-order chi connectivity index (χ1) is 9.97. The molecule has 0 aliphatic carbocycles. The molecule has 1 heterocycles. The minimum absolute atomic E-state index is 0.0584. The number of hydrogen-bond acceptors (Lipinski definition) is 3. The minimum atomic E-state index is -0.364. The van der Waals surface area contributed by atoms with Gasteiger partial charge in [0, 0.05) is 5.02 Å². The van der Waals surface area contributed by atoms with Crippen LogP contribution in [-0.4, -0.2) is 21.7 Å². The maximum atomic E-state index is 11.8. The van der Waals surface area contributed by atoms with Crippen molar-refractivity contribution < 1.29 is 4.79 Å². The molecular formula is C12H8BrCl3N4O. The predicted molar refractivity (Wildman–Crippen MR) is 87.1 cm³/mol. The zero-order valence-corrected chi connectivity index (χ0v) is 14.2. The topological polar surface area (TPSA) is 59.3 Å². The van der Waals surface area contributed by atoms with Gasteiger partial charge in [-0.05, 0) is 33.6 Å². The molecule has 2 aromatic rings. The van der Waals surface area contributed by atoms with Crippen molar-refractivity contribution in [2.45, 2.75) is 6.54 Å². The summed E-state index contributed by atoms with van der Waals surface area (Å²) in [5.74, 6) is -0.364. The van der Waals surface area contributed by atoms with E-state index in [0.29, 0.717) is 9.76 Å². The Morgan fingerprint density at radius 2 is 2.00 bits per heavy atom. The molecule has 5 nitrogen and oxygen atoms in total. The van der Waals surface area contributed by atoms with Gasteiger partial charge >= 0.3 is 0 Å². The average molecular weight is 410 g/mol. The zero-order chi connectivity index (χ0) is 15.4. The molecule has 0 spiro atoms. The first-order valence-corrected chi connectivity index (χ1v) is 7.54. The third-order valence-corrected chi connectivity index (χ3v) is 4.00. The van der Waals surface area contributed by atoms with Gasteiger partial charge in [-0.1, -0.05) is 46.9 Å². The molecule has 0 atom stereocenters. The van der Waals surface area contributed by atoms with Gasteiger partial charge in [-0.15, -0.1) is 0 Å². The molecular weight excluding hydrogens is 402 g/mol. The van der Waals surface area contributed by atoms with E-state index in [1.807, 2.05) is 0 Å². The van der Waals surface area contributed by atoms with Crippen LogP contribution in [0.3, 0.4) is 0 Å². The number of hydrogen-bond donors (Lipinski definition) is 1. The van der Waals surface area contributed by atoms with Gasteiger partial charge in [0.15, 0.2) is 9.89 Å². The molecule has 1 aromatic carbocycles. The molecule has 0 fully saturated rings. The van der Waals surface area contributed by atoms with Crippen LogP contribution >= 0.6 is 50.7 Å². The Bertz CT molecular complexity index is 685. The standard InChI is InChI=1S/C12H8BrCl3N4O/c13-12-18-10(15)11(16)20(12)6-9(21)19-17-5-7-1-3-8(14)4-2-7/h1-5H,6H2,(H,19,21). The number of rotatable bonds is 4. The highest BCUT2D eigenvalue weighted by molar-refractivity contribution is 9.10. The third-order valence-electron chi connectivity index (χ3n) is 2.39. The van der Waals surface area contributed by atoms with E-state index < -0.39 is 0 Å². The highest BCUT2D eigenvalue weighted by Crippen LogP contribution is 2.25. The van der Waals surface area contributed by atoms with Gasteiger partial charge in [-0.2, -0.15) is 5.10 Å². The van der Waals surface area contributed by atoms with Crippen molar-refractivity contribution in [1.29, 1.82) is 0 Å². The zero-order valence-electron chi connectivity index (χ0n) is 10.4. The summed E-state index contributed by atoms with van der Waals surface area (Å²) in [6.45, 7) is -0.0584. The van der Waals surface area contributed by atoms with E-state index in [2.05, 4.69) is 31.4 Å². The fraction of sp³-hybridized carbons (Fsp3) is 0.0833. The van der Waals surface area contributed by atoms with Gasteiger partial charge in [0.25, 0.3) is 5.91 Å². The van der Waals surface area contributed by atoms with Gasteiger partial charge in [0.05, 0.1) is 6.21 Å². The van der Waals surface area contributed by atoms with E-state index in [0.717, 1.165) is 5.56 Å². The fourth-order valence-corrected chi connectivity index (χ4v) is 2.60. The first-order valence-electron chi connectivity index (χ1n) is 5.62. The maximum Gasteiger partial charge on any atom is 0.260 e. The second-order valence-electron chi connectivity index (χ2n) is 3.89. The van der Waals surface area contributed by atoms with Crippen LogP contribution in [0.5, 0.6) is 0 Å². The van der Waals surface area contributed by atoms with Crippen LogP contribution < -0.4 is 5.43 Å². The predicted octanol–water partition coefficient (Wildman–Crippen LogP) is 3.76. The van der Waals surface area contributed by atoms with Crippen molar-refractivity contribution >= 4 is 62.9 Å². The van der Waals surface area contributed by atoms with E-state index in [9.17, 15) is 4.79 Å². The van der Waals surface area contributed by atoms with Crippen molar-refractivity contribution in [2.24, 2.45) is 5.10 Å². The number of benzene rings is 1. The summed E-state index contributed by atoms with van der Waals surface area (Å²) in [5, 5.41) is 4.78. The van der Waals surface area contributed by atoms with Gasteiger partial charge < -0.3 is 0 Å². The van der Waals surface area contributed by atoms with Crippen molar-refractivity contribution in [3.8, 4) is 0 Å². The number of carbonyl (C=O) groups is 1. The third kappa shape index (κ3) is 4.44. The number of halogens is 4. The minimum Gasteiger partial charge on any atom is -0.299 e. The Balaban J connectivity index is 1.94. The Hall–Kier alpha value is -1.08. The highest BCUT2D eigenvalue weighted by atomic mass is 79.9. The first kappa shape index (κ1) is 16.3. The molecule has 1 amide bonds. The van der Waals surface area contributed by atoms with Crippen molar-refractivity contribution in [2.75, 3.05) is 0 Å². The Morgan fingerprint density at radius 3 is 2.57 bits per heavy atom. The van der Waals surface area contributed by atoms with Crippen molar-refractivity contribution in [3.05, 3.63) is 49.9 Å². The van der Waals surface area contributed by atoms with Crippen LogP contribution in [0.1, 0.15) is 5.56 Å². The lowest BCUT2D eigenvalue weighted by Gasteiger charge is -2.04. The number of nitrogens with zero attached hydrogens (tertiary/aromatic N) is 3. The number of amides is 1. The van der Waals surface area contributed by atoms with Crippen LogP contribution in [0.4, 0.5) is 0 Å². The van der Waals surface area contributed by atoms with Gasteiger partial charge in [0.1, 0.15) is 11.7 Å². The smallest absolute Gasteiger partial charge is 0.260 e. The molecule has 21 heavy (non-hydrogen) atoms. The molecule has 9 heteroatoms. The van der Waals surface area contributed by atoms with Crippen LogP contribution in [0, 0.1) is 0 Å². The van der Waals surface area contributed by atoms with E-state index in [4.69, 9.17) is 34.8 Å². The lowest BCUT2D eigenvalue weighted by atomic mass is 10.2. The van der Waals surface area contributed by atoms with Crippen LogP contribution in [-0.2, 0) is 11.3 Å². The average Bonchev–Trinajstić information content (AvgIpc) is 2.68. The number of carbonyl (C=O) groups excluding carboxylic acids is 1. The Labute approximate surface area is 144 Å².